The zero-order chi connectivity index (χ0) is 15.5. The molecule has 0 aromatic heterocycles. The Bertz CT molecular complexity index is 600. The highest BCUT2D eigenvalue weighted by Crippen LogP contribution is 2.19. The summed E-state index contributed by atoms with van der Waals surface area (Å²) in [5.74, 6) is -0.200. The molecule has 0 amide bonds. The molecule has 1 aromatic rings. The molecule has 0 saturated heterocycles. The van der Waals surface area contributed by atoms with E-state index >= 15 is 0 Å². The van der Waals surface area contributed by atoms with Crippen molar-refractivity contribution in [2.45, 2.75) is 43.5 Å². The molecule has 0 spiro atoms. The predicted molar refractivity (Wildman–Crippen MR) is 79.1 cm³/mol. The van der Waals surface area contributed by atoms with E-state index in [1.165, 1.54) is 24.3 Å². The lowest BCUT2D eigenvalue weighted by Gasteiger charge is -2.29. The number of nitrogens with zero attached hydrogens (tertiary/aromatic N) is 1. The average molecular weight is 313 g/mol. The minimum absolute atomic E-state index is 0.0570. The van der Waals surface area contributed by atoms with Crippen LogP contribution in [0.1, 0.15) is 31.2 Å². The lowest BCUT2D eigenvalue weighted by molar-refractivity contribution is -0.384. The number of sulfonamides is 1. The number of nitro groups is 1. The van der Waals surface area contributed by atoms with Gasteiger partial charge in [-0.2, -0.15) is 0 Å². The van der Waals surface area contributed by atoms with E-state index in [9.17, 15) is 18.5 Å². The molecule has 3 N–H and O–H groups in total. The molecular formula is C13H19N3O4S. The van der Waals surface area contributed by atoms with E-state index in [-0.39, 0.29) is 23.5 Å². The minimum atomic E-state index is -3.50. The van der Waals surface area contributed by atoms with Crippen molar-refractivity contribution in [2.24, 2.45) is 5.73 Å². The molecule has 2 atom stereocenters. The largest absolute Gasteiger partial charge is 0.326 e. The molecule has 8 heteroatoms. The molecule has 116 valence electrons. The molecule has 1 aromatic carbocycles. The average Bonchev–Trinajstić information content (AvgIpc) is 2.41. The fourth-order valence-electron chi connectivity index (χ4n) is 2.51. The van der Waals surface area contributed by atoms with E-state index in [2.05, 4.69) is 4.72 Å². The molecule has 0 radical (unpaired) electrons. The van der Waals surface area contributed by atoms with Crippen molar-refractivity contribution in [3.63, 3.8) is 0 Å². The number of non-ortho nitro benzene ring substituents is 1. The first kappa shape index (κ1) is 15.9. The quantitative estimate of drug-likeness (QED) is 0.627. The second kappa shape index (κ2) is 6.50. The summed E-state index contributed by atoms with van der Waals surface area (Å²) in [4.78, 5) is 10.0. The van der Waals surface area contributed by atoms with Gasteiger partial charge in [-0.05, 0) is 18.4 Å². The molecule has 1 saturated carbocycles. The molecule has 7 nitrogen and oxygen atoms in total. The Morgan fingerprint density at radius 2 is 1.86 bits per heavy atom. The third-order valence-corrected chi connectivity index (χ3v) is 5.03. The smallest absolute Gasteiger partial charge is 0.269 e. The highest BCUT2D eigenvalue weighted by molar-refractivity contribution is 7.88. The molecule has 0 heterocycles. The van der Waals surface area contributed by atoms with Gasteiger partial charge in [0.25, 0.3) is 5.69 Å². The van der Waals surface area contributed by atoms with Crippen LogP contribution in [0.5, 0.6) is 0 Å². The van der Waals surface area contributed by atoms with Crippen LogP contribution < -0.4 is 10.5 Å². The van der Waals surface area contributed by atoms with Crippen LogP contribution in [0.15, 0.2) is 24.3 Å². The molecule has 0 aliphatic heterocycles. The molecule has 1 aliphatic rings. The van der Waals surface area contributed by atoms with Crippen molar-refractivity contribution in [3.05, 3.63) is 39.9 Å². The van der Waals surface area contributed by atoms with E-state index in [0.29, 0.717) is 5.56 Å². The van der Waals surface area contributed by atoms with Crippen molar-refractivity contribution >= 4 is 15.7 Å². The summed E-state index contributed by atoms with van der Waals surface area (Å²) in [5.41, 5.74) is 6.39. The summed E-state index contributed by atoms with van der Waals surface area (Å²) in [5, 5.41) is 10.6. The molecule has 0 bridgehead atoms. The Hall–Kier alpha value is -1.51. The monoisotopic (exact) mass is 313 g/mol. The molecule has 21 heavy (non-hydrogen) atoms. The molecular weight excluding hydrogens is 294 g/mol. The van der Waals surface area contributed by atoms with Gasteiger partial charge in [0.05, 0.1) is 10.7 Å². The van der Waals surface area contributed by atoms with E-state index in [4.69, 9.17) is 5.73 Å². The number of benzene rings is 1. The normalized spacial score (nSPS) is 22.9. The van der Waals surface area contributed by atoms with Gasteiger partial charge in [0.2, 0.25) is 10.0 Å². The third-order valence-electron chi connectivity index (χ3n) is 3.65. The van der Waals surface area contributed by atoms with E-state index in [1.807, 2.05) is 0 Å². The first-order valence-electron chi connectivity index (χ1n) is 6.86. The van der Waals surface area contributed by atoms with E-state index < -0.39 is 14.9 Å². The van der Waals surface area contributed by atoms with Gasteiger partial charge >= 0.3 is 0 Å². The van der Waals surface area contributed by atoms with Crippen molar-refractivity contribution < 1.29 is 13.3 Å². The van der Waals surface area contributed by atoms with Crippen molar-refractivity contribution in [1.29, 1.82) is 0 Å². The number of rotatable bonds is 5. The summed E-state index contributed by atoms with van der Waals surface area (Å²) >= 11 is 0. The van der Waals surface area contributed by atoms with Gasteiger partial charge in [0.1, 0.15) is 0 Å². The summed E-state index contributed by atoms with van der Waals surface area (Å²) in [6.45, 7) is 0. The minimum Gasteiger partial charge on any atom is -0.326 e. The summed E-state index contributed by atoms with van der Waals surface area (Å²) in [6.07, 6.45) is 3.57. The SMILES string of the molecule is NC1CCCCC1NS(=O)(=O)Cc1ccc([N+](=O)[O-])cc1. The van der Waals surface area contributed by atoms with Gasteiger partial charge in [0, 0.05) is 24.2 Å². The lowest BCUT2D eigenvalue weighted by Crippen LogP contribution is -2.49. The molecule has 1 fully saturated rings. The van der Waals surface area contributed by atoms with Gasteiger partial charge in [-0.3, -0.25) is 10.1 Å². The Balaban J connectivity index is 2.01. The number of nitrogens with two attached hydrogens (primary N) is 1. The van der Waals surface area contributed by atoms with E-state index in [0.717, 1.165) is 25.7 Å². The Morgan fingerprint density at radius 1 is 1.24 bits per heavy atom. The summed E-state index contributed by atoms with van der Waals surface area (Å²) in [6, 6.07) is 5.15. The number of nitro benzene ring substituents is 1. The van der Waals surface area contributed by atoms with Crippen LogP contribution in [0, 0.1) is 10.1 Å². The van der Waals surface area contributed by atoms with Gasteiger partial charge < -0.3 is 5.73 Å². The fourth-order valence-corrected chi connectivity index (χ4v) is 3.98. The topological polar surface area (TPSA) is 115 Å². The van der Waals surface area contributed by atoms with Crippen LogP contribution in [0.2, 0.25) is 0 Å². The maximum atomic E-state index is 12.1. The van der Waals surface area contributed by atoms with Crippen molar-refractivity contribution in [1.82, 2.24) is 4.72 Å². The van der Waals surface area contributed by atoms with Crippen molar-refractivity contribution in [3.8, 4) is 0 Å². The maximum absolute atomic E-state index is 12.1. The van der Waals surface area contributed by atoms with Gasteiger partial charge in [-0.25, -0.2) is 13.1 Å². The summed E-state index contributed by atoms with van der Waals surface area (Å²) < 4.78 is 26.9. The third kappa shape index (κ3) is 4.48. The van der Waals surface area contributed by atoms with Gasteiger partial charge in [-0.1, -0.05) is 25.0 Å². The number of hydrogen-bond acceptors (Lipinski definition) is 5. The van der Waals surface area contributed by atoms with Crippen LogP contribution in [0.3, 0.4) is 0 Å². The Labute approximate surface area is 123 Å². The lowest BCUT2D eigenvalue weighted by atomic mass is 9.92. The molecule has 2 unspecified atom stereocenters. The molecule has 2 rings (SSSR count). The zero-order valence-corrected chi connectivity index (χ0v) is 12.4. The van der Waals surface area contributed by atoms with Gasteiger partial charge in [0.15, 0.2) is 0 Å². The fraction of sp³-hybridized carbons (Fsp3) is 0.538. The second-order valence-corrected chi connectivity index (χ2v) is 7.11. The van der Waals surface area contributed by atoms with Crippen LogP contribution in [0.4, 0.5) is 5.69 Å². The summed E-state index contributed by atoms with van der Waals surface area (Å²) in [7, 11) is -3.50. The Kier molecular flexibility index (Phi) is 4.92. The first-order valence-corrected chi connectivity index (χ1v) is 8.51. The first-order chi connectivity index (χ1) is 9.87. The van der Waals surface area contributed by atoms with Gasteiger partial charge in [-0.15, -0.1) is 0 Å². The van der Waals surface area contributed by atoms with Crippen LogP contribution in [-0.4, -0.2) is 25.4 Å². The predicted octanol–water partition coefficient (Wildman–Crippen LogP) is 1.28. The Morgan fingerprint density at radius 3 is 2.43 bits per heavy atom. The standard InChI is InChI=1S/C13H19N3O4S/c14-12-3-1-2-4-13(12)15-21(19,20)9-10-5-7-11(8-6-10)16(17)18/h5-8,12-13,15H,1-4,9,14H2. The maximum Gasteiger partial charge on any atom is 0.269 e. The number of nitrogens with one attached hydrogen (secondary N) is 1. The van der Waals surface area contributed by atoms with Crippen LogP contribution in [0.25, 0.3) is 0 Å². The van der Waals surface area contributed by atoms with Crippen LogP contribution >= 0.6 is 0 Å². The second-order valence-electron chi connectivity index (χ2n) is 5.36. The zero-order valence-electron chi connectivity index (χ0n) is 11.6. The van der Waals surface area contributed by atoms with Crippen LogP contribution in [-0.2, 0) is 15.8 Å². The van der Waals surface area contributed by atoms with Crippen molar-refractivity contribution in [2.75, 3.05) is 0 Å². The molecule has 1 aliphatic carbocycles. The highest BCUT2D eigenvalue weighted by Gasteiger charge is 2.26. The highest BCUT2D eigenvalue weighted by atomic mass is 32.2. The van der Waals surface area contributed by atoms with E-state index in [1.54, 1.807) is 0 Å². The number of hydrogen-bond donors (Lipinski definition) is 2.